The van der Waals surface area contributed by atoms with E-state index in [1.807, 2.05) is 0 Å². The maximum atomic E-state index is 3.70. The normalized spacial score (nSPS) is 43.4. The Bertz CT molecular complexity index is 262. The van der Waals surface area contributed by atoms with Crippen molar-refractivity contribution >= 4 is 0 Å². The highest BCUT2D eigenvalue weighted by molar-refractivity contribution is 4.91. The van der Waals surface area contributed by atoms with Crippen molar-refractivity contribution in [2.45, 2.75) is 58.0 Å². The zero-order valence-corrected chi connectivity index (χ0v) is 11.5. The van der Waals surface area contributed by atoms with E-state index in [0.29, 0.717) is 0 Å². The number of nitrogens with one attached hydrogen (secondary N) is 1. The van der Waals surface area contributed by atoms with E-state index in [4.69, 9.17) is 0 Å². The highest BCUT2D eigenvalue weighted by Gasteiger charge is 2.37. The van der Waals surface area contributed by atoms with Gasteiger partial charge in [-0.15, -0.1) is 0 Å². The Morgan fingerprint density at radius 3 is 2.53 bits per heavy atom. The summed E-state index contributed by atoms with van der Waals surface area (Å²) < 4.78 is 0. The van der Waals surface area contributed by atoms with Crippen molar-refractivity contribution in [1.82, 2.24) is 10.2 Å². The molecule has 1 saturated heterocycles. The Hall–Kier alpha value is -0.0800. The van der Waals surface area contributed by atoms with Gasteiger partial charge in [-0.1, -0.05) is 13.8 Å². The van der Waals surface area contributed by atoms with Crippen molar-refractivity contribution in [1.29, 1.82) is 0 Å². The molecule has 17 heavy (non-hydrogen) atoms. The Kier molecular flexibility index (Phi) is 3.45. The van der Waals surface area contributed by atoms with Crippen LogP contribution in [-0.4, -0.2) is 36.6 Å². The standard InChI is InChI=1S/C15H28N2/c1-11-3-6-15(12(11)2)17-8-7-13(10-17)9-16-14-4-5-14/h11-16H,3-10H2,1-2H3. The maximum absolute atomic E-state index is 3.70. The van der Waals surface area contributed by atoms with E-state index in [1.165, 1.54) is 51.7 Å². The zero-order chi connectivity index (χ0) is 11.8. The maximum Gasteiger partial charge on any atom is 0.0124 e. The quantitative estimate of drug-likeness (QED) is 0.807. The molecule has 2 heteroatoms. The van der Waals surface area contributed by atoms with Crippen LogP contribution in [0.3, 0.4) is 0 Å². The van der Waals surface area contributed by atoms with Crippen LogP contribution < -0.4 is 5.32 Å². The number of hydrogen-bond acceptors (Lipinski definition) is 2. The summed E-state index contributed by atoms with van der Waals surface area (Å²) in [7, 11) is 0. The molecule has 0 aromatic rings. The average Bonchev–Trinajstić information content (AvgIpc) is 2.95. The monoisotopic (exact) mass is 236 g/mol. The van der Waals surface area contributed by atoms with E-state index in [0.717, 1.165) is 29.8 Å². The van der Waals surface area contributed by atoms with Crippen molar-refractivity contribution in [3.8, 4) is 0 Å². The number of rotatable bonds is 4. The van der Waals surface area contributed by atoms with Gasteiger partial charge in [0.1, 0.15) is 0 Å². The SMILES string of the molecule is CC1CCC(N2CCC(CNC3CC3)C2)C1C. The van der Waals surface area contributed by atoms with E-state index in [9.17, 15) is 0 Å². The molecule has 0 spiro atoms. The first-order valence-electron chi connectivity index (χ1n) is 7.71. The molecule has 0 amide bonds. The highest BCUT2D eigenvalue weighted by Crippen LogP contribution is 2.36. The molecular formula is C15H28N2. The Morgan fingerprint density at radius 1 is 1.06 bits per heavy atom. The van der Waals surface area contributed by atoms with Gasteiger partial charge in [0.2, 0.25) is 0 Å². The average molecular weight is 236 g/mol. The van der Waals surface area contributed by atoms with Crippen LogP contribution in [0.25, 0.3) is 0 Å². The van der Waals surface area contributed by atoms with E-state index in [-0.39, 0.29) is 0 Å². The third-order valence-corrected chi connectivity index (χ3v) is 5.48. The summed E-state index contributed by atoms with van der Waals surface area (Å²) in [5, 5.41) is 3.70. The van der Waals surface area contributed by atoms with Crippen LogP contribution in [0.5, 0.6) is 0 Å². The molecule has 0 radical (unpaired) electrons. The predicted molar refractivity (Wildman–Crippen MR) is 72.1 cm³/mol. The third kappa shape index (κ3) is 2.68. The molecule has 1 N–H and O–H groups in total. The summed E-state index contributed by atoms with van der Waals surface area (Å²) in [4.78, 5) is 2.80. The molecule has 3 fully saturated rings. The molecule has 0 aromatic carbocycles. The van der Waals surface area contributed by atoms with Gasteiger partial charge in [-0.2, -0.15) is 0 Å². The number of hydrogen-bond donors (Lipinski definition) is 1. The van der Waals surface area contributed by atoms with Crippen LogP contribution in [0, 0.1) is 17.8 Å². The molecule has 98 valence electrons. The lowest BCUT2D eigenvalue weighted by Crippen LogP contribution is -2.37. The summed E-state index contributed by atoms with van der Waals surface area (Å²) in [6.45, 7) is 8.91. The van der Waals surface area contributed by atoms with Crippen molar-refractivity contribution in [3.63, 3.8) is 0 Å². The zero-order valence-electron chi connectivity index (χ0n) is 11.5. The molecule has 4 atom stereocenters. The molecule has 2 saturated carbocycles. The number of likely N-dealkylation sites (tertiary alicyclic amines) is 1. The minimum Gasteiger partial charge on any atom is -0.314 e. The first-order valence-corrected chi connectivity index (χ1v) is 7.71. The second-order valence-corrected chi connectivity index (χ2v) is 6.81. The Morgan fingerprint density at radius 2 is 1.88 bits per heavy atom. The van der Waals surface area contributed by atoms with Gasteiger partial charge in [-0.3, -0.25) is 4.90 Å². The summed E-state index contributed by atoms with van der Waals surface area (Å²) >= 11 is 0. The smallest absolute Gasteiger partial charge is 0.0124 e. The lowest BCUT2D eigenvalue weighted by atomic mass is 9.97. The van der Waals surface area contributed by atoms with Crippen molar-refractivity contribution in [3.05, 3.63) is 0 Å². The van der Waals surface area contributed by atoms with E-state index in [1.54, 1.807) is 0 Å². The first-order chi connectivity index (χ1) is 8.24. The van der Waals surface area contributed by atoms with Gasteiger partial charge in [0, 0.05) is 18.6 Å². The van der Waals surface area contributed by atoms with Gasteiger partial charge in [-0.25, -0.2) is 0 Å². The molecule has 1 aliphatic heterocycles. The van der Waals surface area contributed by atoms with E-state index < -0.39 is 0 Å². The van der Waals surface area contributed by atoms with Crippen LogP contribution in [0.15, 0.2) is 0 Å². The molecular weight excluding hydrogens is 208 g/mol. The summed E-state index contributed by atoms with van der Waals surface area (Å²) in [6.07, 6.45) is 7.18. The topological polar surface area (TPSA) is 15.3 Å². The summed E-state index contributed by atoms with van der Waals surface area (Å²) in [5.74, 6) is 2.80. The second-order valence-electron chi connectivity index (χ2n) is 6.81. The Balaban J connectivity index is 1.46. The fourth-order valence-electron chi connectivity index (χ4n) is 3.81. The van der Waals surface area contributed by atoms with Crippen LogP contribution in [-0.2, 0) is 0 Å². The minimum atomic E-state index is 0.884. The molecule has 0 bridgehead atoms. The van der Waals surface area contributed by atoms with Gasteiger partial charge >= 0.3 is 0 Å². The molecule has 2 aliphatic carbocycles. The van der Waals surface area contributed by atoms with E-state index >= 15 is 0 Å². The highest BCUT2D eigenvalue weighted by atomic mass is 15.2. The molecule has 3 rings (SSSR count). The Labute approximate surface area is 106 Å². The molecule has 1 heterocycles. The summed E-state index contributed by atoms with van der Waals surface area (Å²) in [6, 6.07) is 1.78. The van der Waals surface area contributed by atoms with Gasteiger partial charge in [0.25, 0.3) is 0 Å². The molecule has 4 unspecified atom stereocenters. The van der Waals surface area contributed by atoms with Gasteiger partial charge in [0.15, 0.2) is 0 Å². The largest absolute Gasteiger partial charge is 0.314 e. The molecule has 2 nitrogen and oxygen atoms in total. The third-order valence-electron chi connectivity index (χ3n) is 5.48. The van der Waals surface area contributed by atoms with Crippen molar-refractivity contribution < 1.29 is 0 Å². The fraction of sp³-hybridized carbons (Fsp3) is 1.00. The van der Waals surface area contributed by atoms with Crippen LogP contribution in [0.4, 0.5) is 0 Å². The van der Waals surface area contributed by atoms with E-state index in [2.05, 4.69) is 24.1 Å². The molecule has 0 aromatic heterocycles. The van der Waals surface area contributed by atoms with Gasteiger partial charge < -0.3 is 5.32 Å². The van der Waals surface area contributed by atoms with Crippen molar-refractivity contribution in [2.24, 2.45) is 17.8 Å². The lowest BCUT2D eigenvalue weighted by molar-refractivity contribution is 0.186. The molecule has 3 aliphatic rings. The minimum absolute atomic E-state index is 0.884. The first kappa shape index (κ1) is 12.0. The van der Waals surface area contributed by atoms with Crippen molar-refractivity contribution in [2.75, 3.05) is 19.6 Å². The van der Waals surface area contributed by atoms with Crippen LogP contribution in [0.1, 0.15) is 46.0 Å². The fourth-order valence-corrected chi connectivity index (χ4v) is 3.81. The second kappa shape index (κ2) is 4.89. The van der Waals surface area contributed by atoms with Crippen LogP contribution in [0.2, 0.25) is 0 Å². The predicted octanol–water partition coefficient (Wildman–Crippen LogP) is 2.49. The van der Waals surface area contributed by atoms with Crippen LogP contribution >= 0.6 is 0 Å². The lowest BCUT2D eigenvalue weighted by Gasteiger charge is -2.28. The van der Waals surface area contributed by atoms with Gasteiger partial charge in [-0.05, 0) is 62.9 Å². The summed E-state index contributed by atoms with van der Waals surface area (Å²) in [5.41, 5.74) is 0. The number of nitrogens with zero attached hydrogens (tertiary/aromatic N) is 1. The van der Waals surface area contributed by atoms with Gasteiger partial charge in [0.05, 0.1) is 0 Å².